The van der Waals surface area contributed by atoms with Crippen molar-refractivity contribution in [3.05, 3.63) is 35.4 Å². The number of ether oxygens (including phenoxy) is 1. The highest BCUT2D eigenvalue weighted by atomic mass is 16.6. The van der Waals surface area contributed by atoms with Crippen LogP contribution in [0.5, 0.6) is 0 Å². The highest BCUT2D eigenvalue weighted by molar-refractivity contribution is 5.92. The summed E-state index contributed by atoms with van der Waals surface area (Å²) in [5.74, 6) is -0.406. The number of nitrogens with one attached hydrogen (secondary N) is 2. The van der Waals surface area contributed by atoms with Crippen molar-refractivity contribution in [1.29, 1.82) is 0 Å². The van der Waals surface area contributed by atoms with Crippen LogP contribution >= 0.6 is 0 Å². The zero-order valence-electron chi connectivity index (χ0n) is 21.1. The minimum absolute atomic E-state index is 0.0735. The molecule has 0 aliphatic rings. The van der Waals surface area contributed by atoms with Gasteiger partial charge in [-0.2, -0.15) is 0 Å². The molecule has 0 bridgehead atoms. The van der Waals surface area contributed by atoms with Crippen LogP contribution in [0.4, 0.5) is 4.79 Å². The Bertz CT molecular complexity index is 766. The van der Waals surface area contributed by atoms with Crippen LogP contribution in [0.1, 0.15) is 79.0 Å². The van der Waals surface area contributed by atoms with Crippen LogP contribution in [-0.2, 0) is 14.3 Å². The molecule has 32 heavy (non-hydrogen) atoms. The zero-order chi connectivity index (χ0) is 24.6. The SMILES string of the molecule is CCN(C(=O)C(CC(C)C)NC(=O)OC(C)(C)C)C(C(=O)NC(C)C)c1ccc(C)cc1. The third-order valence-electron chi connectivity index (χ3n) is 4.70. The third kappa shape index (κ3) is 8.89. The fourth-order valence-corrected chi connectivity index (χ4v) is 3.39. The molecule has 1 rings (SSSR count). The number of amides is 3. The van der Waals surface area contributed by atoms with Gasteiger partial charge in [0, 0.05) is 12.6 Å². The first-order chi connectivity index (χ1) is 14.7. The van der Waals surface area contributed by atoms with Gasteiger partial charge in [-0.3, -0.25) is 9.59 Å². The molecule has 3 amide bonds. The lowest BCUT2D eigenvalue weighted by atomic mass is 9.98. The maximum absolute atomic E-state index is 13.7. The molecule has 0 aromatic heterocycles. The van der Waals surface area contributed by atoms with Crippen molar-refractivity contribution in [2.75, 3.05) is 6.54 Å². The Morgan fingerprint density at radius 1 is 1.00 bits per heavy atom. The van der Waals surface area contributed by atoms with Crippen molar-refractivity contribution >= 4 is 17.9 Å². The summed E-state index contributed by atoms with van der Waals surface area (Å²) in [6, 6.07) is 5.91. The molecule has 0 spiro atoms. The molecule has 2 unspecified atom stereocenters. The first-order valence-electron chi connectivity index (χ1n) is 11.4. The summed E-state index contributed by atoms with van der Waals surface area (Å²) in [7, 11) is 0. The quantitative estimate of drug-likeness (QED) is 0.589. The van der Waals surface area contributed by atoms with Crippen molar-refractivity contribution in [2.45, 2.75) is 92.5 Å². The van der Waals surface area contributed by atoms with E-state index in [9.17, 15) is 14.4 Å². The largest absolute Gasteiger partial charge is 0.444 e. The molecule has 0 saturated heterocycles. The van der Waals surface area contributed by atoms with Crippen LogP contribution in [0, 0.1) is 12.8 Å². The van der Waals surface area contributed by atoms with Crippen LogP contribution in [0.15, 0.2) is 24.3 Å². The highest BCUT2D eigenvalue weighted by Gasteiger charge is 2.35. The van der Waals surface area contributed by atoms with Gasteiger partial charge in [-0.05, 0) is 66.4 Å². The molecular formula is C25H41N3O4. The number of aryl methyl sites for hydroxylation is 1. The maximum Gasteiger partial charge on any atom is 0.408 e. The Labute approximate surface area is 193 Å². The van der Waals surface area contributed by atoms with Gasteiger partial charge in [0.1, 0.15) is 17.7 Å². The van der Waals surface area contributed by atoms with Gasteiger partial charge >= 0.3 is 6.09 Å². The molecule has 0 aliphatic heterocycles. The Hall–Kier alpha value is -2.57. The van der Waals surface area contributed by atoms with Gasteiger partial charge in [0.25, 0.3) is 0 Å². The van der Waals surface area contributed by atoms with E-state index in [1.807, 2.05) is 65.8 Å². The number of rotatable bonds is 9. The van der Waals surface area contributed by atoms with E-state index in [1.54, 1.807) is 20.8 Å². The summed E-state index contributed by atoms with van der Waals surface area (Å²) in [6.45, 7) is 17.2. The third-order valence-corrected chi connectivity index (χ3v) is 4.70. The van der Waals surface area contributed by atoms with E-state index >= 15 is 0 Å². The summed E-state index contributed by atoms with van der Waals surface area (Å²) >= 11 is 0. The molecule has 7 heteroatoms. The van der Waals surface area contributed by atoms with Crippen LogP contribution < -0.4 is 10.6 Å². The predicted molar refractivity (Wildman–Crippen MR) is 127 cm³/mol. The second kappa shape index (κ2) is 11.9. The predicted octanol–water partition coefficient (Wildman–Crippen LogP) is 4.35. The Kier molecular flexibility index (Phi) is 10.2. The van der Waals surface area contributed by atoms with E-state index in [2.05, 4.69) is 10.6 Å². The first kappa shape index (κ1) is 27.5. The number of carbonyl (C=O) groups is 3. The van der Waals surface area contributed by atoms with Crippen molar-refractivity contribution in [1.82, 2.24) is 15.5 Å². The van der Waals surface area contributed by atoms with E-state index in [0.717, 1.165) is 11.1 Å². The van der Waals surface area contributed by atoms with Gasteiger partial charge in [0.2, 0.25) is 11.8 Å². The summed E-state index contributed by atoms with van der Waals surface area (Å²) in [6.07, 6.45) is -0.216. The second-order valence-corrected chi connectivity index (χ2v) is 9.93. The standard InChI is InChI=1S/C25H41N3O4/c1-10-28(21(22(29)26-17(4)5)19-13-11-18(6)12-14-19)23(30)20(15-16(2)3)27-24(31)32-25(7,8)9/h11-14,16-17,20-21H,10,15H2,1-9H3,(H,26,29)(H,27,31). The zero-order valence-corrected chi connectivity index (χ0v) is 21.1. The first-order valence-corrected chi connectivity index (χ1v) is 11.4. The highest BCUT2D eigenvalue weighted by Crippen LogP contribution is 2.24. The summed E-state index contributed by atoms with van der Waals surface area (Å²) in [5.41, 5.74) is 1.11. The van der Waals surface area contributed by atoms with Gasteiger partial charge in [-0.25, -0.2) is 4.79 Å². The van der Waals surface area contributed by atoms with Gasteiger partial charge in [-0.15, -0.1) is 0 Å². The molecule has 0 aliphatic carbocycles. The van der Waals surface area contributed by atoms with E-state index < -0.39 is 23.8 Å². The summed E-state index contributed by atoms with van der Waals surface area (Å²) < 4.78 is 5.37. The molecule has 180 valence electrons. The van der Waals surface area contributed by atoms with E-state index in [0.29, 0.717) is 13.0 Å². The fourth-order valence-electron chi connectivity index (χ4n) is 3.39. The van der Waals surface area contributed by atoms with Crippen LogP contribution in [0.25, 0.3) is 0 Å². The topological polar surface area (TPSA) is 87.7 Å². The molecule has 2 N–H and O–H groups in total. The summed E-state index contributed by atoms with van der Waals surface area (Å²) in [4.78, 5) is 40.8. The van der Waals surface area contributed by atoms with Gasteiger partial charge in [-0.1, -0.05) is 43.7 Å². The van der Waals surface area contributed by atoms with E-state index in [1.165, 1.54) is 4.90 Å². The molecule has 0 saturated carbocycles. The Balaban J connectivity index is 3.31. The number of benzene rings is 1. The normalized spacial score (nSPS) is 13.5. The molecule has 1 aromatic rings. The lowest BCUT2D eigenvalue weighted by Crippen LogP contribution is -2.53. The number of hydrogen-bond acceptors (Lipinski definition) is 4. The van der Waals surface area contributed by atoms with Crippen LogP contribution in [0.3, 0.4) is 0 Å². The van der Waals surface area contributed by atoms with Crippen molar-refractivity contribution in [2.24, 2.45) is 5.92 Å². The minimum atomic E-state index is -0.801. The molecule has 0 radical (unpaired) electrons. The molecule has 1 aromatic carbocycles. The molecule has 2 atom stereocenters. The number of nitrogens with zero attached hydrogens (tertiary/aromatic N) is 1. The van der Waals surface area contributed by atoms with Crippen molar-refractivity contribution in [3.8, 4) is 0 Å². The van der Waals surface area contributed by atoms with Gasteiger partial charge in [0.05, 0.1) is 0 Å². The van der Waals surface area contributed by atoms with Crippen molar-refractivity contribution < 1.29 is 19.1 Å². The summed E-state index contributed by atoms with van der Waals surface area (Å²) in [5, 5.41) is 5.66. The van der Waals surface area contributed by atoms with E-state index in [-0.39, 0.29) is 23.8 Å². The molecule has 0 fully saturated rings. The number of alkyl carbamates (subject to hydrolysis) is 1. The Morgan fingerprint density at radius 3 is 2.00 bits per heavy atom. The monoisotopic (exact) mass is 447 g/mol. The number of likely N-dealkylation sites (N-methyl/N-ethyl adjacent to an activating group) is 1. The van der Waals surface area contributed by atoms with E-state index in [4.69, 9.17) is 4.74 Å². The fraction of sp³-hybridized carbons (Fsp3) is 0.640. The smallest absolute Gasteiger partial charge is 0.408 e. The van der Waals surface area contributed by atoms with Gasteiger partial charge in [0.15, 0.2) is 0 Å². The number of hydrogen-bond donors (Lipinski definition) is 2. The maximum atomic E-state index is 13.7. The molecule has 0 heterocycles. The average molecular weight is 448 g/mol. The van der Waals surface area contributed by atoms with Crippen LogP contribution in [-0.4, -0.2) is 47.0 Å². The lowest BCUT2D eigenvalue weighted by Gasteiger charge is -2.34. The Morgan fingerprint density at radius 2 is 1.56 bits per heavy atom. The molecule has 7 nitrogen and oxygen atoms in total. The van der Waals surface area contributed by atoms with Crippen LogP contribution in [0.2, 0.25) is 0 Å². The molecular weight excluding hydrogens is 406 g/mol. The van der Waals surface area contributed by atoms with Crippen molar-refractivity contribution in [3.63, 3.8) is 0 Å². The average Bonchev–Trinajstić information content (AvgIpc) is 2.63. The lowest BCUT2D eigenvalue weighted by molar-refractivity contribution is -0.142. The number of carbonyl (C=O) groups excluding carboxylic acids is 3. The second-order valence-electron chi connectivity index (χ2n) is 9.93. The minimum Gasteiger partial charge on any atom is -0.444 e. The van der Waals surface area contributed by atoms with Gasteiger partial charge < -0.3 is 20.3 Å².